The van der Waals surface area contributed by atoms with Crippen LogP contribution in [0.25, 0.3) is 0 Å². The van der Waals surface area contributed by atoms with Crippen LogP contribution in [0.15, 0.2) is 58.2 Å². The van der Waals surface area contributed by atoms with Crippen molar-refractivity contribution < 1.29 is 22.4 Å². The number of halogens is 3. The zero-order chi connectivity index (χ0) is 30.7. The van der Waals surface area contributed by atoms with E-state index < -0.39 is 23.5 Å². The van der Waals surface area contributed by atoms with Gasteiger partial charge in [-0.3, -0.25) is 4.79 Å². The van der Waals surface area contributed by atoms with Crippen LogP contribution in [0, 0.1) is 0 Å². The zero-order valence-corrected chi connectivity index (χ0v) is 24.3. The summed E-state index contributed by atoms with van der Waals surface area (Å²) in [5, 5.41) is 6.52. The van der Waals surface area contributed by atoms with Crippen LogP contribution in [0.1, 0.15) is 53.4 Å². The number of piperidine rings is 1. The second kappa shape index (κ2) is 12.6. The molecule has 6 rings (SSSR count). The van der Waals surface area contributed by atoms with Gasteiger partial charge in [0, 0.05) is 52.4 Å². The van der Waals surface area contributed by atoms with Crippen molar-refractivity contribution >= 4 is 29.4 Å². The molecule has 0 unspecified atom stereocenters. The highest BCUT2D eigenvalue weighted by Crippen LogP contribution is 2.36. The summed E-state index contributed by atoms with van der Waals surface area (Å²) in [7, 11) is 0. The van der Waals surface area contributed by atoms with E-state index in [-0.39, 0.29) is 11.7 Å². The molecule has 3 fully saturated rings. The maximum atomic E-state index is 13.9. The molecule has 3 aliphatic rings. The summed E-state index contributed by atoms with van der Waals surface area (Å²) < 4.78 is 47.2. The molecule has 0 spiro atoms. The summed E-state index contributed by atoms with van der Waals surface area (Å²) in [6.45, 7) is 5.70. The number of oxazole rings is 1. The summed E-state index contributed by atoms with van der Waals surface area (Å²) in [6.07, 6.45) is 0.314. The van der Waals surface area contributed by atoms with Gasteiger partial charge in [0.1, 0.15) is 5.82 Å². The van der Waals surface area contributed by atoms with Gasteiger partial charge in [-0.05, 0) is 49.3 Å². The number of anilines is 3. The molecule has 1 amide bonds. The molecule has 3 N–H and O–H groups in total. The molecular weight excluding hydrogens is 575 g/mol. The molecule has 0 bridgehead atoms. The Morgan fingerprint density at radius 2 is 1.59 bits per heavy atom. The molecule has 0 radical (unpaired) electrons. The predicted octanol–water partition coefficient (Wildman–Crippen LogP) is 4.17. The van der Waals surface area contributed by atoms with Crippen LogP contribution in [-0.4, -0.2) is 84.0 Å². The molecule has 1 aromatic carbocycles. The maximum absolute atomic E-state index is 13.9. The number of rotatable bonds is 5. The third kappa shape index (κ3) is 6.38. The molecular formula is C30H36F3N9O2. The lowest BCUT2D eigenvalue weighted by atomic mass is 9.90. The SMILES string of the molecule is N/N=C(/N1CCCC1)N1CCN(c2ccc(NC(=O)c3oc(N4CCC(c5ccccc5)CC4)nc3C(F)(F)F)cn2)CC1. The third-order valence-electron chi connectivity index (χ3n) is 8.52. The molecule has 0 saturated carbocycles. The largest absolute Gasteiger partial charge is 0.437 e. The van der Waals surface area contributed by atoms with Gasteiger partial charge in [-0.15, -0.1) is 5.10 Å². The first kappa shape index (κ1) is 29.6. The summed E-state index contributed by atoms with van der Waals surface area (Å²) in [5.74, 6) is 5.62. The molecule has 5 heterocycles. The molecule has 44 heavy (non-hydrogen) atoms. The molecule has 3 aromatic rings. The number of hydrazone groups is 1. The lowest BCUT2D eigenvalue weighted by molar-refractivity contribution is -0.141. The summed E-state index contributed by atoms with van der Waals surface area (Å²) in [6, 6.07) is 13.2. The number of carbonyl (C=O) groups excluding carboxylic acids is 1. The minimum absolute atomic E-state index is 0.200. The Kier molecular flexibility index (Phi) is 8.49. The Hall–Kier alpha value is -4.49. The molecule has 3 aliphatic heterocycles. The number of hydrogen-bond acceptors (Lipinski definition) is 8. The van der Waals surface area contributed by atoms with Crippen LogP contribution >= 0.6 is 0 Å². The Bertz CT molecular complexity index is 1440. The Morgan fingerprint density at radius 3 is 2.20 bits per heavy atom. The monoisotopic (exact) mass is 611 g/mol. The Morgan fingerprint density at radius 1 is 0.909 bits per heavy atom. The number of aromatic nitrogens is 2. The fourth-order valence-corrected chi connectivity index (χ4v) is 6.17. The van der Waals surface area contributed by atoms with Crippen molar-refractivity contribution in [3.8, 4) is 0 Å². The van der Waals surface area contributed by atoms with E-state index in [1.165, 1.54) is 11.8 Å². The van der Waals surface area contributed by atoms with Gasteiger partial charge in [-0.2, -0.15) is 18.2 Å². The number of guanidine groups is 1. The average molecular weight is 612 g/mol. The molecule has 2 aromatic heterocycles. The second-order valence-electron chi connectivity index (χ2n) is 11.3. The van der Waals surface area contributed by atoms with Crippen LogP contribution in [0.4, 0.5) is 30.7 Å². The first-order valence-corrected chi connectivity index (χ1v) is 15.0. The number of hydrogen-bond donors (Lipinski definition) is 2. The van der Waals surface area contributed by atoms with E-state index >= 15 is 0 Å². The van der Waals surface area contributed by atoms with Crippen molar-refractivity contribution in [2.75, 3.05) is 67.5 Å². The minimum atomic E-state index is -4.86. The topological polar surface area (TPSA) is 119 Å². The van der Waals surface area contributed by atoms with Gasteiger partial charge in [0.15, 0.2) is 5.69 Å². The smallest absolute Gasteiger partial charge is 0.417 e. The van der Waals surface area contributed by atoms with E-state index in [1.807, 2.05) is 18.2 Å². The highest BCUT2D eigenvalue weighted by Gasteiger charge is 2.42. The van der Waals surface area contributed by atoms with Crippen LogP contribution in [0.2, 0.25) is 0 Å². The zero-order valence-electron chi connectivity index (χ0n) is 24.3. The van der Waals surface area contributed by atoms with Gasteiger partial charge in [-0.25, -0.2) is 4.98 Å². The number of nitrogens with zero attached hydrogens (tertiary/aromatic N) is 7. The van der Waals surface area contributed by atoms with E-state index in [4.69, 9.17) is 10.3 Å². The van der Waals surface area contributed by atoms with Gasteiger partial charge in [0.25, 0.3) is 11.9 Å². The van der Waals surface area contributed by atoms with Crippen molar-refractivity contribution in [3.05, 3.63) is 65.7 Å². The van der Waals surface area contributed by atoms with Crippen molar-refractivity contribution in [1.82, 2.24) is 19.8 Å². The van der Waals surface area contributed by atoms with Crippen molar-refractivity contribution in [3.63, 3.8) is 0 Å². The summed E-state index contributed by atoms with van der Waals surface area (Å²) in [5.41, 5.74) is 0.107. The molecule has 11 nitrogen and oxygen atoms in total. The molecule has 0 atom stereocenters. The third-order valence-corrected chi connectivity index (χ3v) is 8.52. The number of alkyl halides is 3. The van der Waals surface area contributed by atoms with Gasteiger partial charge in [-0.1, -0.05) is 30.3 Å². The fraction of sp³-hybridized carbons (Fsp3) is 0.467. The van der Waals surface area contributed by atoms with Crippen LogP contribution in [-0.2, 0) is 6.18 Å². The second-order valence-corrected chi connectivity index (χ2v) is 11.3. The maximum Gasteiger partial charge on any atom is 0.437 e. The lowest BCUT2D eigenvalue weighted by Gasteiger charge is -2.39. The molecule has 0 aliphatic carbocycles. The van der Waals surface area contributed by atoms with E-state index in [1.54, 1.807) is 17.0 Å². The number of benzene rings is 1. The number of likely N-dealkylation sites (tertiary alicyclic amines) is 1. The minimum Gasteiger partial charge on any atom is -0.417 e. The van der Waals surface area contributed by atoms with Crippen molar-refractivity contribution in [2.24, 2.45) is 10.9 Å². The van der Waals surface area contributed by atoms with E-state index in [0.717, 1.165) is 57.8 Å². The first-order valence-electron chi connectivity index (χ1n) is 15.0. The van der Waals surface area contributed by atoms with Crippen molar-refractivity contribution in [2.45, 2.75) is 37.8 Å². The number of nitrogens with two attached hydrogens (primary N) is 1. The number of nitrogens with one attached hydrogen (secondary N) is 1. The van der Waals surface area contributed by atoms with Gasteiger partial charge in [0.05, 0.1) is 11.9 Å². The number of carbonyl (C=O) groups is 1. The van der Waals surface area contributed by atoms with E-state index in [2.05, 4.69) is 47.2 Å². The highest BCUT2D eigenvalue weighted by molar-refractivity contribution is 6.03. The summed E-state index contributed by atoms with van der Waals surface area (Å²) >= 11 is 0. The average Bonchev–Trinajstić information content (AvgIpc) is 3.74. The Balaban J connectivity index is 1.08. The van der Waals surface area contributed by atoms with Gasteiger partial charge in [0.2, 0.25) is 11.7 Å². The fourth-order valence-electron chi connectivity index (χ4n) is 6.17. The van der Waals surface area contributed by atoms with Crippen LogP contribution in [0.3, 0.4) is 0 Å². The standard InChI is InChI=1S/C30H36F3N9O2/c31-30(32,33)26-25(44-29(37-26)42-14-10-22(11-15-42)21-6-2-1-3-7-21)27(43)36-23-8-9-24(35-20-23)39-16-18-41(19-17-39)28(38-34)40-12-4-5-13-40/h1-3,6-9,20,22H,4-5,10-19,34H2,(H,36,43)/b38-28-. The van der Waals surface area contributed by atoms with Crippen LogP contribution < -0.4 is 21.0 Å². The number of pyridine rings is 1. The lowest BCUT2D eigenvalue weighted by Crippen LogP contribution is -2.53. The summed E-state index contributed by atoms with van der Waals surface area (Å²) in [4.78, 5) is 29.3. The predicted molar refractivity (Wildman–Crippen MR) is 161 cm³/mol. The Labute approximate surface area is 253 Å². The van der Waals surface area contributed by atoms with Gasteiger partial charge < -0.3 is 35.2 Å². The van der Waals surface area contributed by atoms with Crippen LogP contribution in [0.5, 0.6) is 0 Å². The van der Waals surface area contributed by atoms with Gasteiger partial charge >= 0.3 is 6.18 Å². The normalized spacial score (nSPS) is 18.7. The first-order chi connectivity index (χ1) is 21.3. The molecule has 14 heteroatoms. The van der Waals surface area contributed by atoms with E-state index in [0.29, 0.717) is 37.9 Å². The number of piperazine rings is 1. The molecule has 3 saturated heterocycles. The highest BCUT2D eigenvalue weighted by atomic mass is 19.4. The van der Waals surface area contributed by atoms with E-state index in [9.17, 15) is 18.0 Å². The quantitative estimate of drug-likeness (QED) is 0.190. The van der Waals surface area contributed by atoms with Crippen molar-refractivity contribution in [1.29, 1.82) is 0 Å². The number of amides is 1. The molecule has 234 valence electrons.